The fraction of sp³-hybridized carbons (Fsp3) is 0.917. The molecule has 4 N–H and O–H groups in total. The molecule has 1 fully saturated rings. The number of carbonyl (C=O) groups is 1. The third-order valence-corrected chi connectivity index (χ3v) is 4.63. The van der Waals surface area contributed by atoms with Crippen LogP contribution < -0.4 is 5.32 Å². The molecule has 106 valence electrons. The van der Waals surface area contributed by atoms with Crippen molar-refractivity contribution >= 4 is 17.7 Å². The minimum atomic E-state index is -0.823. The van der Waals surface area contributed by atoms with Gasteiger partial charge in [0.15, 0.2) is 0 Å². The second-order valence-electron chi connectivity index (χ2n) is 5.22. The van der Waals surface area contributed by atoms with Gasteiger partial charge in [0.25, 0.3) is 0 Å². The zero-order chi connectivity index (χ0) is 13.8. The topological polar surface area (TPSA) is 89.8 Å². The van der Waals surface area contributed by atoms with Crippen LogP contribution in [0.15, 0.2) is 0 Å². The number of aliphatic hydroxyl groups is 2. The molecule has 18 heavy (non-hydrogen) atoms. The van der Waals surface area contributed by atoms with Crippen molar-refractivity contribution < 1.29 is 20.1 Å². The van der Waals surface area contributed by atoms with Crippen molar-refractivity contribution in [3.63, 3.8) is 0 Å². The number of thioether (sulfide) groups is 1. The molecule has 0 aromatic rings. The number of rotatable bonds is 7. The Balaban J connectivity index is 2.52. The molecular formula is C12H23NO4S. The van der Waals surface area contributed by atoms with Crippen LogP contribution in [-0.2, 0) is 4.79 Å². The molecule has 0 aromatic carbocycles. The van der Waals surface area contributed by atoms with Crippen LogP contribution in [0.3, 0.4) is 0 Å². The fourth-order valence-electron chi connectivity index (χ4n) is 2.38. The van der Waals surface area contributed by atoms with E-state index in [4.69, 9.17) is 5.11 Å². The summed E-state index contributed by atoms with van der Waals surface area (Å²) in [6.45, 7) is 3.65. The smallest absolute Gasteiger partial charge is 0.323 e. The van der Waals surface area contributed by atoms with Gasteiger partial charge in [-0.15, -0.1) is 0 Å². The summed E-state index contributed by atoms with van der Waals surface area (Å²) in [5.74, 6) is -0.333. The SMILES string of the molecule is CC(C)NC1(C(=O)O)CCC(SCC(O)CO)C1. The zero-order valence-corrected chi connectivity index (χ0v) is 11.7. The predicted molar refractivity (Wildman–Crippen MR) is 71.8 cm³/mol. The van der Waals surface area contributed by atoms with E-state index in [1.165, 1.54) is 0 Å². The van der Waals surface area contributed by atoms with Crippen molar-refractivity contribution in [2.45, 2.75) is 56.0 Å². The van der Waals surface area contributed by atoms with Crippen LogP contribution in [-0.4, -0.2) is 56.6 Å². The molecule has 1 saturated carbocycles. The molecule has 0 heterocycles. The first kappa shape index (κ1) is 15.8. The van der Waals surface area contributed by atoms with Gasteiger partial charge >= 0.3 is 5.97 Å². The van der Waals surface area contributed by atoms with Crippen LogP contribution in [0.2, 0.25) is 0 Å². The predicted octanol–water partition coefficient (Wildman–Crippen LogP) is 0.447. The van der Waals surface area contributed by atoms with Gasteiger partial charge in [0, 0.05) is 17.0 Å². The summed E-state index contributed by atoms with van der Waals surface area (Å²) in [6, 6.07) is 0.132. The van der Waals surface area contributed by atoms with Gasteiger partial charge in [-0.3, -0.25) is 10.1 Å². The van der Waals surface area contributed by atoms with E-state index in [-0.39, 0.29) is 17.9 Å². The molecule has 5 nitrogen and oxygen atoms in total. The standard InChI is InChI=1S/C12H23NO4S/c1-8(2)13-12(11(16)17)4-3-10(5-12)18-7-9(15)6-14/h8-10,13-15H,3-7H2,1-2H3,(H,16,17). The minimum Gasteiger partial charge on any atom is -0.480 e. The summed E-state index contributed by atoms with van der Waals surface area (Å²) in [5.41, 5.74) is -0.823. The maximum absolute atomic E-state index is 11.4. The molecule has 0 radical (unpaired) electrons. The molecule has 0 aromatic heterocycles. The maximum Gasteiger partial charge on any atom is 0.323 e. The van der Waals surface area contributed by atoms with E-state index >= 15 is 0 Å². The Morgan fingerprint density at radius 1 is 1.56 bits per heavy atom. The van der Waals surface area contributed by atoms with Gasteiger partial charge in [0.1, 0.15) is 5.54 Å². The highest BCUT2D eigenvalue weighted by atomic mass is 32.2. The highest BCUT2D eigenvalue weighted by molar-refractivity contribution is 7.99. The molecule has 0 aliphatic heterocycles. The summed E-state index contributed by atoms with van der Waals surface area (Å²) in [5, 5.41) is 30.8. The number of hydrogen-bond acceptors (Lipinski definition) is 5. The fourth-order valence-corrected chi connectivity index (χ4v) is 3.67. The van der Waals surface area contributed by atoms with Crippen molar-refractivity contribution in [2.75, 3.05) is 12.4 Å². The van der Waals surface area contributed by atoms with Crippen LogP contribution >= 0.6 is 11.8 Å². The zero-order valence-electron chi connectivity index (χ0n) is 10.9. The van der Waals surface area contributed by atoms with E-state index < -0.39 is 17.6 Å². The van der Waals surface area contributed by atoms with E-state index in [9.17, 15) is 15.0 Å². The molecule has 1 rings (SSSR count). The lowest BCUT2D eigenvalue weighted by molar-refractivity contribution is -0.145. The molecule has 3 unspecified atom stereocenters. The molecule has 1 aliphatic carbocycles. The second kappa shape index (κ2) is 6.75. The van der Waals surface area contributed by atoms with Gasteiger partial charge in [-0.1, -0.05) is 0 Å². The number of carboxylic acids is 1. The third kappa shape index (κ3) is 4.12. The normalized spacial score (nSPS) is 29.7. The van der Waals surface area contributed by atoms with Crippen molar-refractivity contribution in [1.29, 1.82) is 0 Å². The van der Waals surface area contributed by atoms with Crippen LogP contribution in [0.5, 0.6) is 0 Å². The monoisotopic (exact) mass is 277 g/mol. The van der Waals surface area contributed by atoms with Crippen LogP contribution in [0.25, 0.3) is 0 Å². The molecule has 0 spiro atoms. The first-order chi connectivity index (χ1) is 8.39. The first-order valence-corrected chi connectivity index (χ1v) is 7.36. The summed E-state index contributed by atoms with van der Waals surface area (Å²) < 4.78 is 0. The van der Waals surface area contributed by atoms with Gasteiger partial charge in [-0.05, 0) is 33.1 Å². The summed E-state index contributed by atoms with van der Waals surface area (Å²) in [6.07, 6.45) is 1.30. The molecule has 0 saturated heterocycles. The lowest BCUT2D eigenvalue weighted by Crippen LogP contribution is -2.53. The number of nitrogens with one attached hydrogen (secondary N) is 1. The largest absolute Gasteiger partial charge is 0.480 e. The molecule has 6 heteroatoms. The van der Waals surface area contributed by atoms with E-state index in [1.807, 2.05) is 13.8 Å². The number of aliphatic hydroxyl groups excluding tert-OH is 2. The first-order valence-electron chi connectivity index (χ1n) is 6.31. The van der Waals surface area contributed by atoms with E-state index in [0.717, 1.165) is 6.42 Å². The Kier molecular flexibility index (Phi) is 5.91. The molecule has 0 amide bonds. The summed E-state index contributed by atoms with van der Waals surface area (Å²) in [7, 11) is 0. The Morgan fingerprint density at radius 3 is 2.72 bits per heavy atom. The van der Waals surface area contributed by atoms with Gasteiger partial charge < -0.3 is 15.3 Å². The Hall–Kier alpha value is -0.300. The average Bonchev–Trinajstić information content (AvgIpc) is 2.70. The van der Waals surface area contributed by atoms with Crippen LogP contribution in [0.4, 0.5) is 0 Å². The summed E-state index contributed by atoms with van der Waals surface area (Å²) in [4.78, 5) is 11.4. The maximum atomic E-state index is 11.4. The van der Waals surface area contributed by atoms with Gasteiger partial charge in [0.05, 0.1) is 12.7 Å². The Labute approximate surface area is 112 Å². The van der Waals surface area contributed by atoms with Gasteiger partial charge in [-0.25, -0.2) is 0 Å². The number of hydrogen-bond donors (Lipinski definition) is 4. The van der Waals surface area contributed by atoms with E-state index in [2.05, 4.69) is 5.32 Å². The Morgan fingerprint density at radius 2 is 2.22 bits per heavy atom. The lowest BCUT2D eigenvalue weighted by atomic mass is 9.97. The van der Waals surface area contributed by atoms with Crippen molar-refractivity contribution in [1.82, 2.24) is 5.32 Å². The minimum absolute atomic E-state index is 0.132. The van der Waals surface area contributed by atoms with Gasteiger partial charge in [0.2, 0.25) is 0 Å². The quantitative estimate of drug-likeness (QED) is 0.540. The third-order valence-electron chi connectivity index (χ3n) is 3.18. The molecule has 1 aliphatic rings. The number of aliphatic carboxylic acids is 1. The van der Waals surface area contributed by atoms with Crippen molar-refractivity contribution in [3.05, 3.63) is 0 Å². The molecular weight excluding hydrogens is 254 g/mol. The highest BCUT2D eigenvalue weighted by Gasteiger charge is 2.45. The lowest BCUT2D eigenvalue weighted by Gasteiger charge is -2.28. The van der Waals surface area contributed by atoms with E-state index in [1.54, 1.807) is 11.8 Å². The van der Waals surface area contributed by atoms with Crippen molar-refractivity contribution in [3.8, 4) is 0 Å². The molecule has 3 atom stereocenters. The second-order valence-corrected chi connectivity index (χ2v) is 6.55. The Bertz CT molecular complexity index is 287. The molecule has 0 bridgehead atoms. The average molecular weight is 277 g/mol. The van der Waals surface area contributed by atoms with Crippen LogP contribution in [0, 0.1) is 0 Å². The summed E-state index contributed by atoms with van der Waals surface area (Å²) >= 11 is 1.55. The highest BCUT2D eigenvalue weighted by Crippen LogP contribution is 2.37. The van der Waals surface area contributed by atoms with Crippen LogP contribution in [0.1, 0.15) is 33.1 Å². The van der Waals surface area contributed by atoms with E-state index in [0.29, 0.717) is 18.6 Å². The number of carboxylic acid groups (broad SMARTS) is 1. The van der Waals surface area contributed by atoms with Gasteiger partial charge in [-0.2, -0.15) is 11.8 Å². The van der Waals surface area contributed by atoms with Crippen molar-refractivity contribution in [2.24, 2.45) is 0 Å².